The van der Waals surface area contributed by atoms with Gasteiger partial charge in [0.2, 0.25) is 11.8 Å². The first-order valence-corrected chi connectivity index (χ1v) is 11.2. The largest absolute Gasteiger partial charge is 0.494 e. The molecule has 1 atom stereocenters. The highest BCUT2D eigenvalue weighted by atomic mass is 32.2. The molecule has 4 rings (SSSR count). The molecule has 7 nitrogen and oxygen atoms in total. The fourth-order valence-corrected chi connectivity index (χ4v) is 4.50. The summed E-state index contributed by atoms with van der Waals surface area (Å²) in [5.74, 6) is 0.287. The fourth-order valence-electron chi connectivity index (χ4n) is 3.58. The van der Waals surface area contributed by atoms with Crippen molar-refractivity contribution in [3.63, 3.8) is 0 Å². The minimum Gasteiger partial charge on any atom is -0.494 e. The molecule has 0 spiro atoms. The summed E-state index contributed by atoms with van der Waals surface area (Å²) >= 11 is 1.24. The molecule has 2 aromatic carbocycles. The summed E-state index contributed by atoms with van der Waals surface area (Å²) in [7, 11) is 0. The smallest absolute Gasteiger partial charge is 0.240 e. The molecule has 2 aliphatic rings. The zero-order chi connectivity index (χ0) is 21.6. The molecule has 2 aromatic rings. The summed E-state index contributed by atoms with van der Waals surface area (Å²) in [4.78, 5) is 24.7. The number of thioether (sulfide) groups is 1. The van der Waals surface area contributed by atoms with Crippen molar-refractivity contribution in [1.29, 1.82) is 0 Å². The molecule has 1 unspecified atom stereocenters. The predicted molar refractivity (Wildman–Crippen MR) is 124 cm³/mol. The molecule has 1 saturated heterocycles. The van der Waals surface area contributed by atoms with Gasteiger partial charge in [0.15, 0.2) is 5.17 Å². The van der Waals surface area contributed by atoms with Gasteiger partial charge in [0, 0.05) is 17.7 Å². The summed E-state index contributed by atoms with van der Waals surface area (Å²) < 4.78 is 5.39. The van der Waals surface area contributed by atoms with E-state index >= 15 is 0 Å². The minimum absolute atomic E-state index is 0.0577. The van der Waals surface area contributed by atoms with E-state index < -0.39 is 5.25 Å². The lowest BCUT2D eigenvalue weighted by Crippen LogP contribution is -2.28. The van der Waals surface area contributed by atoms with E-state index in [4.69, 9.17) is 4.74 Å². The van der Waals surface area contributed by atoms with Crippen LogP contribution in [0.4, 0.5) is 5.69 Å². The van der Waals surface area contributed by atoms with Crippen LogP contribution >= 0.6 is 11.8 Å². The maximum atomic E-state index is 12.4. The third kappa shape index (κ3) is 5.32. The van der Waals surface area contributed by atoms with Gasteiger partial charge in [-0.05, 0) is 56.0 Å². The highest BCUT2D eigenvalue weighted by Crippen LogP contribution is 2.25. The van der Waals surface area contributed by atoms with Gasteiger partial charge in [-0.2, -0.15) is 5.10 Å². The number of hydrogen-bond acceptors (Lipinski definition) is 6. The third-order valence-corrected chi connectivity index (χ3v) is 6.12. The average Bonchev–Trinajstić information content (AvgIpc) is 3.12. The van der Waals surface area contributed by atoms with Gasteiger partial charge < -0.3 is 15.4 Å². The van der Waals surface area contributed by atoms with Crippen LogP contribution in [0.25, 0.3) is 0 Å². The van der Waals surface area contributed by atoms with Crippen molar-refractivity contribution in [3.05, 3.63) is 59.7 Å². The maximum absolute atomic E-state index is 12.4. The summed E-state index contributed by atoms with van der Waals surface area (Å²) in [5.41, 5.74) is 3.99. The van der Waals surface area contributed by atoms with E-state index in [1.165, 1.54) is 17.3 Å². The molecule has 1 aliphatic heterocycles. The second-order valence-electron chi connectivity index (χ2n) is 7.27. The molecule has 160 valence electrons. The lowest BCUT2D eigenvalue weighted by Gasteiger charge is -2.16. The van der Waals surface area contributed by atoms with E-state index in [1.807, 2.05) is 19.1 Å². The molecular weight excluding hydrogens is 412 g/mol. The van der Waals surface area contributed by atoms with Gasteiger partial charge in [0.1, 0.15) is 11.0 Å². The SMILES string of the molecule is CCOc1ccc(NC(=O)CC2S/C(=N/N=C3/CCCc4ccccc43)NC2=O)cc1. The normalized spacial score (nSPS) is 20.4. The quantitative estimate of drug-likeness (QED) is 0.675. The van der Waals surface area contributed by atoms with E-state index in [0.29, 0.717) is 17.5 Å². The maximum Gasteiger partial charge on any atom is 0.240 e. The molecule has 0 saturated carbocycles. The van der Waals surface area contributed by atoms with E-state index in [9.17, 15) is 9.59 Å². The van der Waals surface area contributed by atoms with Crippen LogP contribution in [0.5, 0.6) is 5.75 Å². The number of hydrogen-bond donors (Lipinski definition) is 2. The Kier molecular flexibility index (Phi) is 6.66. The van der Waals surface area contributed by atoms with E-state index in [1.54, 1.807) is 24.3 Å². The molecule has 2 amide bonds. The fraction of sp³-hybridized carbons (Fsp3) is 0.304. The van der Waals surface area contributed by atoms with Gasteiger partial charge in [-0.25, -0.2) is 0 Å². The molecule has 0 bridgehead atoms. The van der Waals surface area contributed by atoms with Crippen LogP contribution in [0.3, 0.4) is 0 Å². The third-order valence-electron chi connectivity index (χ3n) is 5.05. The monoisotopic (exact) mass is 436 g/mol. The Morgan fingerprint density at radius 3 is 2.77 bits per heavy atom. The topological polar surface area (TPSA) is 92.2 Å². The van der Waals surface area contributed by atoms with Crippen LogP contribution in [-0.4, -0.2) is 34.6 Å². The Bertz CT molecular complexity index is 1030. The van der Waals surface area contributed by atoms with Gasteiger partial charge >= 0.3 is 0 Å². The number of amides is 2. The highest BCUT2D eigenvalue weighted by Gasteiger charge is 2.32. The Hall–Kier alpha value is -3.13. The molecule has 8 heteroatoms. The predicted octanol–water partition coefficient (Wildman–Crippen LogP) is 3.74. The van der Waals surface area contributed by atoms with Crippen molar-refractivity contribution < 1.29 is 14.3 Å². The van der Waals surface area contributed by atoms with Gasteiger partial charge in [-0.1, -0.05) is 36.0 Å². The summed E-state index contributed by atoms with van der Waals surface area (Å²) in [6.45, 7) is 2.50. The number of carbonyl (C=O) groups excluding carboxylic acids is 2. The first kappa shape index (κ1) is 21.1. The number of amidine groups is 1. The number of nitrogens with zero attached hydrogens (tertiary/aromatic N) is 2. The van der Waals surface area contributed by atoms with Gasteiger partial charge in [0.25, 0.3) is 0 Å². The number of anilines is 1. The van der Waals surface area contributed by atoms with E-state index in [-0.39, 0.29) is 18.2 Å². The Morgan fingerprint density at radius 1 is 1.16 bits per heavy atom. The minimum atomic E-state index is -0.528. The summed E-state index contributed by atoms with van der Waals surface area (Å²) in [5, 5.41) is 14.1. The Morgan fingerprint density at radius 2 is 1.97 bits per heavy atom. The number of aryl methyl sites for hydroxylation is 1. The van der Waals surface area contributed by atoms with Crippen LogP contribution in [0.1, 0.15) is 37.3 Å². The van der Waals surface area contributed by atoms with Crippen LogP contribution in [-0.2, 0) is 16.0 Å². The van der Waals surface area contributed by atoms with Crippen molar-refractivity contribution in [2.24, 2.45) is 10.2 Å². The first-order valence-electron chi connectivity index (χ1n) is 10.4. The standard InChI is InChI=1S/C23H24N4O3S/c1-2-30-17-12-10-16(11-13-17)24-21(28)14-20-22(29)25-23(31-20)27-26-19-9-5-7-15-6-3-4-8-18(15)19/h3-4,6,8,10-13,20H,2,5,7,9,14H2,1H3,(H,24,28)(H,25,27,29)/b26-19-. The van der Waals surface area contributed by atoms with Crippen molar-refractivity contribution >= 4 is 40.1 Å². The number of rotatable bonds is 6. The van der Waals surface area contributed by atoms with Crippen LogP contribution in [0.2, 0.25) is 0 Å². The average molecular weight is 437 g/mol. The van der Waals surface area contributed by atoms with E-state index in [0.717, 1.165) is 36.3 Å². The number of fused-ring (bicyclic) bond motifs is 1. The molecule has 1 aliphatic carbocycles. The zero-order valence-corrected chi connectivity index (χ0v) is 18.1. The zero-order valence-electron chi connectivity index (χ0n) is 17.3. The molecule has 0 radical (unpaired) electrons. The summed E-state index contributed by atoms with van der Waals surface area (Å²) in [6, 6.07) is 15.3. The Labute approximate surface area is 185 Å². The van der Waals surface area contributed by atoms with E-state index in [2.05, 4.69) is 33.0 Å². The summed E-state index contributed by atoms with van der Waals surface area (Å²) in [6.07, 6.45) is 3.00. The molecule has 31 heavy (non-hydrogen) atoms. The van der Waals surface area contributed by atoms with Gasteiger partial charge in [-0.15, -0.1) is 5.10 Å². The number of nitrogens with one attached hydrogen (secondary N) is 2. The van der Waals surface area contributed by atoms with Crippen molar-refractivity contribution in [2.75, 3.05) is 11.9 Å². The van der Waals surface area contributed by atoms with Crippen LogP contribution in [0.15, 0.2) is 58.7 Å². The van der Waals surface area contributed by atoms with Crippen molar-refractivity contribution in [1.82, 2.24) is 5.32 Å². The molecule has 2 N–H and O–H groups in total. The van der Waals surface area contributed by atoms with Crippen molar-refractivity contribution in [2.45, 2.75) is 37.9 Å². The second-order valence-corrected chi connectivity index (χ2v) is 8.46. The molecule has 0 aromatic heterocycles. The van der Waals surface area contributed by atoms with Crippen LogP contribution < -0.4 is 15.4 Å². The number of carbonyl (C=O) groups is 2. The van der Waals surface area contributed by atoms with Gasteiger partial charge in [-0.3, -0.25) is 9.59 Å². The molecule has 1 heterocycles. The lowest BCUT2D eigenvalue weighted by atomic mass is 9.90. The Balaban J connectivity index is 1.35. The van der Waals surface area contributed by atoms with Crippen LogP contribution in [0, 0.1) is 0 Å². The highest BCUT2D eigenvalue weighted by molar-refractivity contribution is 8.15. The molecular formula is C23H24N4O3S. The second kappa shape index (κ2) is 9.78. The first-order chi connectivity index (χ1) is 15.1. The number of benzene rings is 2. The van der Waals surface area contributed by atoms with Gasteiger partial charge in [0.05, 0.1) is 12.3 Å². The lowest BCUT2D eigenvalue weighted by molar-refractivity contribution is -0.122. The van der Waals surface area contributed by atoms with Crippen molar-refractivity contribution in [3.8, 4) is 5.75 Å². The number of ether oxygens (including phenoxy) is 1. The molecule has 1 fully saturated rings.